The van der Waals surface area contributed by atoms with Gasteiger partial charge in [0.25, 0.3) is 0 Å². The van der Waals surface area contributed by atoms with E-state index >= 15 is 0 Å². The molecule has 3 N–H and O–H groups in total. The molecule has 26 heavy (non-hydrogen) atoms. The smallest absolute Gasteiger partial charge is 0.191 e. The van der Waals surface area contributed by atoms with E-state index in [1.807, 2.05) is 12.1 Å². The largest absolute Gasteiger partial charge is 0.493 e. The Morgan fingerprint density at radius 1 is 1.38 bits per heavy atom. The van der Waals surface area contributed by atoms with Crippen molar-refractivity contribution in [1.29, 1.82) is 0 Å². The Labute approximate surface area is 157 Å². The lowest BCUT2D eigenvalue weighted by molar-refractivity contribution is 0.127. The van der Waals surface area contributed by atoms with Crippen molar-refractivity contribution in [2.75, 3.05) is 40.0 Å². The van der Waals surface area contributed by atoms with Crippen LogP contribution in [0.2, 0.25) is 0 Å². The van der Waals surface area contributed by atoms with Crippen LogP contribution < -0.4 is 15.4 Å². The maximum absolute atomic E-state index is 9.33. The van der Waals surface area contributed by atoms with Gasteiger partial charge in [-0.2, -0.15) is 0 Å². The molecule has 1 fully saturated rings. The molecule has 0 spiro atoms. The number of aliphatic imine (C=N–C) groups is 1. The summed E-state index contributed by atoms with van der Waals surface area (Å²) in [5.41, 5.74) is 1.14. The molecule has 0 radical (unpaired) electrons. The fraction of sp³-hybridized carbons (Fsp3) is 0.650. The van der Waals surface area contributed by atoms with Crippen molar-refractivity contribution in [1.82, 2.24) is 10.6 Å². The molecule has 0 amide bonds. The van der Waals surface area contributed by atoms with Crippen molar-refractivity contribution in [2.24, 2.45) is 16.3 Å². The molecule has 0 bridgehead atoms. The van der Waals surface area contributed by atoms with Crippen molar-refractivity contribution < 1.29 is 14.6 Å². The fourth-order valence-corrected chi connectivity index (χ4v) is 3.00. The van der Waals surface area contributed by atoms with Gasteiger partial charge in [-0.25, -0.2) is 0 Å². The summed E-state index contributed by atoms with van der Waals surface area (Å²) >= 11 is 0. The second kappa shape index (κ2) is 10.4. The lowest BCUT2D eigenvalue weighted by atomic mass is 9.84. The minimum absolute atomic E-state index is 0.00300. The first-order valence-electron chi connectivity index (χ1n) is 9.42. The third kappa shape index (κ3) is 6.50. The van der Waals surface area contributed by atoms with Crippen molar-refractivity contribution in [2.45, 2.75) is 33.2 Å². The monoisotopic (exact) mass is 363 g/mol. The van der Waals surface area contributed by atoms with Crippen molar-refractivity contribution in [3.8, 4) is 5.75 Å². The Balaban J connectivity index is 1.84. The van der Waals surface area contributed by atoms with Crippen LogP contribution in [0.3, 0.4) is 0 Å². The zero-order chi connectivity index (χ0) is 18.8. The molecule has 1 atom stereocenters. The highest BCUT2D eigenvalue weighted by Gasteiger charge is 2.34. The number of guanidine groups is 1. The third-order valence-electron chi connectivity index (χ3n) is 4.62. The standard InChI is InChI=1S/C20H33N3O3/c1-16(2)13-26-18-6-4-5-17(11-18)12-22-19(21-3)23-14-20(7-9-24)8-10-25-15-20/h4-6,11,16,24H,7-10,12-15H2,1-3H3,(H2,21,22,23). The molecular weight excluding hydrogens is 330 g/mol. The van der Waals surface area contributed by atoms with Crippen LogP contribution in [0.5, 0.6) is 5.75 Å². The predicted octanol–water partition coefficient (Wildman–Crippen LogP) is 2.18. The summed E-state index contributed by atoms with van der Waals surface area (Å²) in [5.74, 6) is 2.15. The summed E-state index contributed by atoms with van der Waals surface area (Å²) in [5, 5.41) is 16.0. The van der Waals surface area contributed by atoms with Gasteiger partial charge in [-0.15, -0.1) is 0 Å². The molecule has 1 aliphatic heterocycles. The molecular formula is C20H33N3O3. The van der Waals surface area contributed by atoms with E-state index in [2.05, 4.69) is 41.6 Å². The van der Waals surface area contributed by atoms with Crippen LogP contribution in [-0.2, 0) is 11.3 Å². The van der Waals surface area contributed by atoms with Crippen molar-refractivity contribution >= 4 is 5.96 Å². The molecule has 1 saturated heterocycles. The van der Waals surface area contributed by atoms with E-state index in [-0.39, 0.29) is 12.0 Å². The minimum atomic E-state index is -0.00300. The predicted molar refractivity (Wildman–Crippen MR) is 105 cm³/mol. The van der Waals surface area contributed by atoms with Gasteiger partial charge in [-0.05, 0) is 36.5 Å². The van der Waals surface area contributed by atoms with Gasteiger partial charge in [-0.3, -0.25) is 4.99 Å². The first kappa shape index (κ1) is 20.5. The Morgan fingerprint density at radius 3 is 2.88 bits per heavy atom. The number of nitrogens with zero attached hydrogens (tertiary/aromatic N) is 1. The number of aliphatic hydroxyl groups is 1. The highest BCUT2D eigenvalue weighted by molar-refractivity contribution is 5.79. The average Bonchev–Trinajstić information content (AvgIpc) is 3.09. The van der Waals surface area contributed by atoms with Crippen LogP contribution in [-0.4, -0.2) is 51.1 Å². The Morgan fingerprint density at radius 2 is 2.23 bits per heavy atom. The van der Waals surface area contributed by atoms with Gasteiger partial charge in [0.05, 0.1) is 13.2 Å². The minimum Gasteiger partial charge on any atom is -0.493 e. The van der Waals surface area contributed by atoms with Gasteiger partial charge in [0, 0.05) is 38.8 Å². The number of ether oxygens (including phenoxy) is 2. The molecule has 1 unspecified atom stereocenters. The van der Waals surface area contributed by atoms with Crippen LogP contribution in [0, 0.1) is 11.3 Å². The normalized spacial score (nSPS) is 20.4. The topological polar surface area (TPSA) is 75.1 Å². The van der Waals surface area contributed by atoms with E-state index in [0.717, 1.165) is 49.9 Å². The Hall–Kier alpha value is -1.79. The lowest BCUT2D eigenvalue weighted by Crippen LogP contribution is -2.44. The molecule has 0 aliphatic carbocycles. The molecule has 0 aromatic heterocycles. The summed E-state index contributed by atoms with van der Waals surface area (Å²) in [4.78, 5) is 4.30. The van der Waals surface area contributed by atoms with E-state index in [9.17, 15) is 5.11 Å². The second-order valence-electron chi connectivity index (χ2n) is 7.41. The summed E-state index contributed by atoms with van der Waals surface area (Å²) in [6.45, 7) is 8.03. The lowest BCUT2D eigenvalue weighted by Gasteiger charge is -2.27. The molecule has 1 aromatic rings. The van der Waals surface area contributed by atoms with Crippen LogP contribution in [0.1, 0.15) is 32.3 Å². The molecule has 1 aliphatic rings. The number of aliphatic hydroxyl groups excluding tert-OH is 1. The number of nitrogens with one attached hydrogen (secondary N) is 2. The van der Waals surface area contributed by atoms with E-state index in [1.165, 1.54) is 0 Å². The van der Waals surface area contributed by atoms with Crippen LogP contribution in [0.25, 0.3) is 0 Å². The maximum Gasteiger partial charge on any atom is 0.191 e. The van der Waals surface area contributed by atoms with E-state index < -0.39 is 0 Å². The van der Waals surface area contributed by atoms with Gasteiger partial charge in [0.2, 0.25) is 0 Å². The van der Waals surface area contributed by atoms with Gasteiger partial charge in [-0.1, -0.05) is 26.0 Å². The van der Waals surface area contributed by atoms with Gasteiger partial charge in [0.1, 0.15) is 5.75 Å². The van der Waals surface area contributed by atoms with E-state index in [0.29, 0.717) is 19.1 Å². The number of benzene rings is 1. The number of hydrogen-bond donors (Lipinski definition) is 3. The van der Waals surface area contributed by atoms with Gasteiger partial charge < -0.3 is 25.2 Å². The molecule has 0 saturated carbocycles. The van der Waals surface area contributed by atoms with Crippen LogP contribution >= 0.6 is 0 Å². The summed E-state index contributed by atoms with van der Waals surface area (Å²) in [7, 11) is 1.77. The zero-order valence-corrected chi connectivity index (χ0v) is 16.3. The first-order chi connectivity index (χ1) is 12.6. The molecule has 2 rings (SSSR count). The molecule has 146 valence electrons. The SMILES string of the molecule is CN=C(NCc1cccc(OCC(C)C)c1)NCC1(CCO)CCOC1. The fourth-order valence-electron chi connectivity index (χ4n) is 3.00. The van der Waals surface area contributed by atoms with Crippen LogP contribution in [0.15, 0.2) is 29.3 Å². The zero-order valence-electron chi connectivity index (χ0n) is 16.3. The van der Waals surface area contributed by atoms with Crippen molar-refractivity contribution in [3.05, 3.63) is 29.8 Å². The number of rotatable bonds is 9. The quantitative estimate of drug-likeness (QED) is 0.463. The highest BCUT2D eigenvalue weighted by atomic mass is 16.5. The molecule has 6 heteroatoms. The maximum atomic E-state index is 9.33. The third-order valence-corrected chi connectivity index (χ3v) is 4.62. The summed E-state index contributed by atoms with van der Waals surface area (Å²) < 4.78 is 11.3. The van der Waals surface area contributed by atoms with Gasteiger partial charge >= 0.3 is 0 Å². The first-order valence-corrected chi connectivity index (χ1v) is 9.42. The molecule has 1 aromatic carbocycles. The van der Waals surface area contributed by atoms with Crippen molar-refractivity contribution in [3.63, 3.8) is 0 Å². The highest BCUT2D eigenvalue weighted by Crippen LogP contribution is 2.31. The number of hydrogen-bond acceptors (Lipinski definition) is 4. The van der Waals surface area contributed by atoms with Crippen LogP contribution in [0.4, 0.5) is 0 Å². The summed E-state index contributed by atoms with van der Waals surface area (Å²) in [6.07, 6.45) is 1.71. The summed E-state index contributed by atoms with van der Waals surface area (Å²) in [6, 6.07) is 8.12. The second-order valence-corrected chi connectivity index (χ2v) is 7.41. The molecule has 6 nitrogen and oxygen atoms in total. The molecule has 1 heterocycles. The van der Waals surface area contributed by atoms with Gasteiger partial charge in [0.15, 0.2) is 5.96 Å². The van der Waals surface area contributed by atoms with E-state index in [4.69, 9.17) is 9.47 Å². The Kier molecular flexibility index (Phi) is 8.19. The van der Waals surface area contributed by atoms with E-state index in [1.54, 1.807) is 7.05 Å². The Bertz CT molecular complexity index is 569. The average molecular weight is 364 g/mol.